The van der Waals surface area contributed by atoms with Crippen molar-refractivity contribution < 1.29 is 18.0 Å². The zero-order valence-corrected chi connectivity index (χ0v) is 25.1. The van der Waals surface area contributed by atoms with Crippen molar-refractivity contribution in [2.75, 3.05) is 6.00 Å². The fraction of sp³-hybridized carbons (Fsp3) is 0.562. The Morgan fingerprint density at radius 1 is 0.744 bits per heavy atom. The van der Waals surface area contributed by atoms with Crippen LogP contribution in [0.1, 0.15) is 124 Å². The largest absolute Gasteiger partial charge is 0.339 e. The van der Waals surface area contributed by atoms with Gasteiger partial charge in [-0.2, -0.15) is 0 Å². The number of benzene rings is 2. The summed E-state index contributed by atoms with van der Waals surface area (Å²) in [6, 6.07) is 14.6. The Labute approximate surface area is 241 Å². The van der Waals surface area contributed by atoms with E-state index in [-0.39, 0.29) is 29.0 Å². The predicted octanol–water partition coefficient (Wildman–Crippen LogP) is 8.57. The van der Waals surface area contributed by atoms with Gasteiger partial charge in [0.1, 0.15) is 5.78 Å². The Balaban J connectivity index is 1.82. The van der Waals surface area contributed by atoms with Crippen LogP contribution < -0.4 is 5.32 Å². The van der Waals surface area contributed by atoms with E-state index in [1.165, 1.54) is 88.5 Å². The van der Waals surface area contributed by atoms with Gasteiger partial charge >= 0.3 is 0 Å². The highest BCUT2D eigenvalue weighted by molar-refractivity contribution is 7.91. The molecule has 0 fully saturated rings. The molecule has 1 unspecified atom stereocenters. The third-order valence-corrected chi connectivity index (χ3v) is 9.44. The molecule has 216 valence electrons. The van der Waals surface area contributed by atoms with Gasteiger partial charge in [-0.05, 0) is 36.2 Å². The van der Waals surface area contributed by atoms with Crippen LogP contribution in [0.5, 0.6) is 0 Å². The molecule has 0 aliphatic carbocycles. The van der Waals surface area contributed by atoms with E-state index in [4.69, 9.17) is 11.6 Å². The molecule has 1 N–H and O–H groups in total. The maximum absolute atomic E-state index is 13.6. The second kappa shape index (κ2) is 19.0. The van der Waals surface area contributed by atoms with E-state index in [1.54, 1.807) is 24.3 Å². The molecule has 0 radical (unpaired) electrons. The number of hydrogen-bond donors (Lipinski definition) is 1. The van der Waals surface area contributed by atoms with Gasteiger partial charge in [0.25, 0.3) is 5.91 Å². The summed E-state index contributed by atoms with van der Waals surface area (Å²) in [5, 5.41) is 1.52. The van der Waals surface area contributed by atoms with Crippen LogP contribution in [0.4, 0.5) is 0 Å². The molecular formula is C32H46ClNO4S. The average molecular weight is 576 g/mol. The number of unbranched alkanes of at least 4 members (excludes halogenated alkanes) is 12. The molecule has 0 saturated heterocycles. The number of carbonyl (C=O) groups is 2. The topological polar surface area (TPSA) is 80.3 Å². The fourth-order valence-corrected chi connectivity index (χ4v) is 6.73. The molecule has 0 heterocycles. The van der Waals surface area contributed by atoms with Crippen molar-refractivity contribution in [3.8, 4) is 0 Å². The molecule has 7 heteroatoms. The van der Waals surface area contributed by atoms with Crippen molar-refractivity contribution in [1.29, 1.82) is 0 Å². The molecule has 39 heavy (non-hydrogen) atoms. The first-order valence-corrected chi connectivity index (χ1v) is 16.7. The van der Waals surface area contributed by atoms with E-state index in [2.05, 4.69) is 12.2 Å². The minimum Gasteiger partial charge on any atom is -0.339 e. The summed E-state index contributed by atoms with van der Waals surface area (Å²) >= 11 is 5.55. The van der Waals surface area contributed by atoms with E-state index in [1.807, 2.05) is 6.07 Å². The van der Waals surface area contributed by atoms with E-state index in [0.29, 0.717) is 17.5 Å². The Morgan fingerprint density at radius 3 is 1.77 bits per heavy atom. The highest BCUT2D eigenvalue weighted by Crippen LogP contribution is 2.33. The van der Waals surface area contributed by atoms with Crippen molar-refractivity contribution in [2.24, 2.45) is 0 Å². The number of carbonyl (C=O) groups excluding carboxylic acids is 2. The highest BCUT2D eigenvalue weighted by Gasteiger charge is 2.31. The first-order chi connectivity index (χ1) is 18.9. The molecule has 2 aromatic carbocycles. The lowest BCUT2D eigenvalue weighted by molar-refractivity contribution is -0.119. The predicted molar refractivity (Wildman–Crippen MR) is 161 cm³/mol. The minimum atomic E-state index is -3.84. The molecule has 0 spiro atoms. The number of alkyl halides is 1. The summed E-state index contributed by atoms with van der Waals surface area (Å²) in [6.45, 7) is 2.25. The summed E-state index contributed by atoms with van der Waals surface area (Å²) in [6.07, 6.45) is 16.4. The zero-order valence-electron chi connectivity index (χ0n) is 23.5. The monoisotopic (exact) mass is 575 g/mol. The first-order valence-electron chi connectivity index (χ1n) is 14.6. The SMILES string of the molecule is CCCCCCCCCCCCCCCC(=O)CC(c1ccccc1)S(=O)(=O)c1ccc(C(=O)NCCl)cc1. The van der Waals surface area contributed by atoms with Gasteiger partial charge in [-0.25, -0.2) is 8.42 Å². The third-order valence-electron chi connectivity index (χ3n) is 7.19. The molecule has 1 amide bonds. The number of halogens is 1. The van der Waals surface area contributed by atoms with Crippen molar-refractivity contribution in [1.82, 2.24) is 5.32 Å². The smallest absolute Gasteiger partial charge is 0.252 e. The number of sulfone groups is 1. The molecule has 0 aliphatic heterocycles. The number of hydrogen-bond acceptors (Lipinski definition) is 4. The second-order valence-electron chi connectivity index (χ2n) is 10.3. The fourth-order valence-electron chi connectivity index (χ4n) is 4.85. The van der Waals surface area contributed by atoms with E-state index >= 15 is 0 Å². The van der Waals surface area contributed by atoms with Crippen LogP contribution >= 0.6 is 11.6 Å². The molecule has 0 saturated carbocycles. The number of rotatable bonds is 21. The summed E-state index contributed by atoms with van der Waals surface area (Å²) in [5.41, 5.74) is 0.921. The van der Waals surface area contributed by atoms with Crippen molar-refractivity contribution >= 4 is 33.1 Å². The number of amides is 1. The van der Waals surface area contributed by atoms with Gasteiger partial charge in [0.2, 0.25) is 0 Å². The Bertz CT molecular complexity index is 1070. The standard InChI is InChI=1S/C32H46ClNO4S/c1-2-3-4-5-6-7-8-9-10-11-12-13-17-20-29(35)25-31(27-18-15-14-16-19-27)39(37,38)30-23-21-28(22-24-30)32(36)34-26-33/h14-16,18-19,21-24,31H,2-13,17,20,25-26H2,1H3,(H,34,36). The van der Waals surface area contributed by atoms with Crippen LogP contribution in [0.15, 0.2) is 59.5 Å². The van der Waals surface area contributed by atoms with Gasteiger partial charge in [-0.1, -0.05) is 114 Å². The van der Waals surface area contributed by atoms with Gasteiger partial charge in [-0.15, -0.1) is 11.6 Å². The van der Waals surface area contributed by atoms with Gasteiger partial charge < -0.3 is 5.32 Å². The lowest BCUT2D eigenvalue weighted by Crippen LogP contribution is -2.22. The maximum atomic E-state index is 13.6. The molecular weight excluding hydrogens is 530 g/mol. The number of Topliss-reactive ketones (excluding diaryl/α,β-unsaturated/α-hetero) is 1. The van der Waals surface area contributed by atoms with Crippen molar-refractivity contribution in [3.05, 3.63) is 65.7 Å². The van der Waals surface area contributed by atoms with Gasteiger partial charge in [0, 0.05) is 18.4 Å². The average Bonchev–Trinajstić information content (AvgIpc) is 2.94. The summed E-state index contributed by atoms with van der Waals surface area (Å²) in [4.78, 5) is 25.0. The van der Waals surface area contributed by atoms with E-state index < -0.39 is 15.1 Å². The summed E-state index contributed by atoms with van der Waals surface area (Å²) in [5.74, 6) is -0.407. The van der Waals surface area contributed by atoms with Crippen LogP contribution in [-0.2, 0) is 14.6 Å². The molecule has 0 aliphatic rings. The van der Waals surface area contributed by atoms with E-state index in [0.717, 1.165) is 19.3 Å². The normalized spacial score (nSPS) is 12.3. The third kappa shape index (κ3) is 12.3. The van der Waals surface area contributed by atoms with Crippen LogP contribution in [-0.4, -0.2) is 26.1 Å². The summed E-state index contributed by atoms with van der Waals surface area (Å²) in [7, 11) is -3.84. The highest BCUT2D eigenvalue weighted by atomic mass is 35.5. The van der Waals surface area contributed by atoms with Crippen molar-refractivity contribution in [3.63, 3.8) is 0 Å². The Kier molecular flexibility index (Phi) is 16.1. The summed E-state index contributed by atoms with van der Waals surface area (Å²) < 4.78 is 27.2. The van der Waals surface area contributed by atoms with E-state index in [9.17, 15) is 18.0 Å². The minimum absolute atomic E-state index is 0.0314. The van der Waals surface area contributed by atoms with Gasteiger partial charge in [-0.3, -0.25) is 9.59 Å². The quantitative estimate of drug-likeness (QED) is 0.0918. The molecule has 0 aromatic heterocycles. The first kappa shape index (κ1) is 33.0. The lowest BCUT2D eigenvalue weighted by Gasteiger charge is -2.18. The Hall–Kier alpha value is -2.18. The molecule has 1 atom stereocenters. The second-order valence-corrected chi connectivity index (χ2v) is 12.7. The van der Waals surface area contributed by atoms with Crippen LogP contribution in [0, 0.1) is 0 Å². The lowest BCUT2D eigenvalue weighted by atomic mass is 10.0. The van der Waals surface area contributed by atoms with Gasteiger partial charge in [0.15, 0.2) is 9.84 Å². The van der Waals surface area contributed by atoms with Crippen LogP contribution in [0.3, 0.4) is 0 Å². The molecule has 0 bridgehead atoms. The molecule has 2 rings (SSSR count). The van der Waals surface area contributed by atoms with Crippen LogP contribution in [0.2, 0.25) is 0 Å². The Morgan fingerprint density at radius 2 is 1.26 bits per heavy atom. The number of ketones is 1. The molecule has 5 nitrogen and oxygen atoms in total. The van der Waals surface area contributed by atoms with Gasteiger partial charge in [0.05, 0.1) is 16.1 Å². The number of nitrogens with one attached hydrogen (secondary N) is 1. The van der Waals surface area contributed by atoms with Crippen LogP contribution in [0.25, 0.3) is 0 Å². The van der Waals surface area contributed by atoms with Crippen molar-refractivity contribution in [2.45, 2.75) is 113 Å². The molecule has 2 aromatic rings. The zero-order chi connectivity index (χ0) is 28.3. The maximum Gasteiger partial charge on any atom is 0.252 e.